The molecule has 0 bridgehead atoms. The number of Topliss-reactive ketones (excluding diaryl/α,β-unsaturated/α-hetero) is 1. The van der Waals surface area contributed by atoms with Crippen LogP contribution in [0.3, 0.4) is 0 Å². The highest BCUT2D eigenvalue weighted by Gasteiger charge is 2.41. The molecule has 142 valence electrons. The Hall–Kier alpha value is -2.93. The van der Waals surface area contributed by atoms with Crippen LogP contribution in [0.5, 0.6) is 23.0 Å². The third-order valence-electron chi connectivity index (χ3n) is 4.16. The van der Waals surface area contributed by atoms with Crippen LogP contribution in [0.25, 0.3) is 0 Å². The van der Waals surface area contributed by atoms with Gasteiger partial charge in [-0.25, -0.2) is 0 Å². The molecule has 0 saturated carbocycles. The molecular formula is C19H18ClNO6. The molecule has 8 heteroatoms. The van der Waals surface area contributed by atoms with Crippen molar-refractivity contribution in [1.29, 1.82) is 0 Å². The molecule has 0 unspecified atom stereocenters. The van der Waals surface area contributed by atoms with Gasteiger partial charge >= 0.3 is 0 Å². The monoisotopic (exact) mass is 391 g/mol. The van der Waals surface area contributed by atoms with Gasteiger partial charge in [-0.15, -0.1) is 0 Å². The van der Waals surface area contributed by atoms with Crippen LogP contribution < -0.4 is 23.8 Å². The molecule has 0 aliphatic carbocycles. The summed E-state index contributed by atoms with van der Waals surface area (Å²) in [6, 6.07) is 8.45. The number of methoxy groups -OCH3 is 3. The smallest absolute Gasteiger partial charge is 0.299 e. The van der Waals surface area contributed by atoms with E-state index >= 15 is 0 Å². The van der Waals surface area contributed by atoms with E-state index in [9.17, 15) is 9.59 Å². The van der Waals surface area contributed by atoms with Gasteiger partial charge in [-0.1, -0.05) is 11.6 Å². The average molecular weight is 392 g/mol. The number of benzene rings is 2. The van der Waals surface area contributed by atoms with E-state index in [1.54, 1.807) is 30.3 Å². The van der Waals surface area contributed by atoms with E-state index in [0.29, 0.717) is 22.2 Å². The number of ether oxygens (including phenoxy) is 4. The van der Waals surface area contributed by atoms with Crippen LogP contribution in [0.15, 0.2) is 30.3 Å². The number of fused-ring (bicyclic) bond motifs is 1. The van der Waals surface area contributed by atoms with E-state index in [4.69, 9.17) is 30.5 Å². The quantitative estimate of drug-likeness (QED) is 0.675. The summed E-state index contributed by atoms with van der Waals surface area (Å²) in [5.41, 5.74) is 0.561. The number of anilines is 1. The Morgan fingerprint density at radius 1 is 0.963 bits per heavy atom. The zero-order chi connectivity index (χ0) is 19.6. The highest BCUT2D eigenvalue weighted by atomic mass is 35.5. The van der Waals surface area contributed by atoms with Gasteiger partial charge in [0.25, 0.3) is 11.7 Å². The number of halogens is 1. The lowest BCUT2D eigenvalue weighted by Gasteiger charge is -2.19. The van der Waals surface area contributed by atoms with Gasteiger partial charge in [0.2, 0.25) is 5.75 Å². The van der Waals surface area contributed by atoms with Crippen LogP contribution in [-0.4, -0.2) is 46.2 Å². The first-order valence-corrected chi connectivity index (χ1v) is 8.47. The van der Waals surface area contributed by atoms with Gasteiger partial charge in [-0.05, 0) is 24.3 Å². The first-order valence-electron chi connectivity index (χ1n) is 8.09. The number of nitrogens with zero attached hydrogens (tertiary/aromatic N) is 1. The van der Waals surface area contributed by atoms with E-state index in [2.05, 4.69) is 0 Å². The van der Waals surface area contributed by atoms with Crippen molar-refractivity contribution in [3.63, 3.8) is 0 Å². The van der Waals surface area contributed by atoms with Crippen molar-refractivity contribution in [1.82, 2.24) is 0 Å². The molecule has 1 heterocycles. The molecule has 1 amide bonds. The minimum Gasteiger partial charge on any atom is -0.493 e. The number of carbonyl (C=O) groups excluding carboxylic acids is 2. The Morgan fingerprint density at radius 3 is 2.22 bits per heavy atom. The Bertz CT molecular complexity index is 881. The molecule has 2 aromatic carbocycles. The normalized spacial score (nSPS) is 12.8. The van der Waals surface area contributed by atoms with Gasteiger partial charge in [-0.2, -0.15) is 0 Å². The average Bonchev–Trinajstić information content (AvgIpc) is 2.92. The number of ketones is 1. The summed E-state index contributed by atoms with van der Waals surface area (Å²) in [6.45, 7) is 0.371. The molecule has 1 aliphatic heterocycles. The molecule has 2 aromatic rings. The summed E-state index contributed by atoms with van der Waals surface area (Å²) in [7, 11) is 4.31. The molecule has 0 fully saturated rings. The number of hydrogen-bond acceptors (Lipinski definition) is 6. The van der Waals surface area contributed by atoms with E-state index in [0.717, 1.165) is 0 Å². The van der Waals surface area contributed by atoms with E-state index in [1.165, 1.54) is 26.2 Å². The Balaban J connectivity index is 1.87. The fourth-order valence-electron chi connectivity index (χ4n) is 2.92. The highest BCUT2D eigenvalue weighted by molar-refractivity contribution is 6.53. The third kappa shape index (κ3) is 3.38. The maximum Gasteiger partial charge on any atom is 0.299 e. The second kappa shape index (κ2) is 7.75. The number of hydrogen-bond donors (Lipinski definition) is 0. The number of amides is 1. The molecule has 0 aromatic heterocycles. The standard InChI is InChI=1S/C19H18ClNO6/c1-24-14-10-13-15(18(26-3)17(14)25-2)16(22)19(23)21(13)8-9-27-12-6-4-11(20)5-7-12/h4-7,10H,8-9H2,1-3H3. The lowest BCUT2D eigenvalue weighted by Crippen LogP contribution is -2.33. The van der Waals surface area contributed by atoms with Gasteiger partial charge in [0, 0.05) is 11.1 Å². The number of rotatable bonds is 7. The van der Waals surface area contributed by atoms with E-state index < -0.39 is 11.7 Å². The van der Waals surface area contributed by atoms with Crippen LogP contribution in [0.4, 0.5) is 5.69 Å². The summed E-state index contributed by atoms with van der Waals surface area (Å²) in [5.74, 6) is 0.0970. The summed E-state index contributed by atoms with van der Waals surface area (Å²) in [5, 5.41) is 0.602. The zero-order valence-corrected chi connectivity index (χ0v) is 15.8. The van der Waals surface area contributed by atoms with Gasteiger partial charge in [0.15, 0.2) is 11.5 Å². The van der Waals surface area contributed by atoms with Crippen LogP contribution in [0.2, 0.25) is 5.02 Å². The van der Waals surface area contributed by atoms with E-state index in [1.807, 2.05) is 0 Å². The molecule has 1 aliphatic rings. The van der Waals surface area contributed by atoms with Crippen LogP contribution >= 0.6 is 11.6 Å². The third-order valence-corrected chi connectivity index (χ3v) is 4.42. The maximum absolute atomic E-state index is 12.5. The number of carbonyl (C=O) groups is 2. The Labute approximate surface area is 161 Å². The second-order valence-corrected chi connectivity index (χ2v) is 6.06. The van der Waals surface area contributed by atoms with Gasteiger partial charge in [0.05, 0.1) is 39.1 Å². The van der Waals surface area contributed by atoms with Crippen molar-refractivity contribution in [2.75, 3.05) is 39.4 Å². The topological polar surface area (TPSA) is 74.3 Å². The second-order valence-electron chi connectivity index (χ2n) is 5.63. The molecule has 0 radical (unpaired) electrons. The molecule has 27 heavy (non-hydrogen) atoms. The molecule has 0 N–H and O–H groups in total. The largest absolute Gasteiger partial charge is 0.493 e. The predicted molar refractivity (Wildman–Crippen MR) is 99.7 cm³/mol. The molecule has 3 rings (SSSR count). The minimum atomic E-state index is -0.658. The molecule has 0 atom stereocenters. The van der Waals surface area contributed by atoms with Crippen LogP contribution in [-0.2, 0) is 4.79 Å². The van der Waals surface area contributed by atoms with E-state index in [-0.39, 0.29) is 30.2 Å². The summed E-state index contributed by atoms with van der Waals surface area (Å²) >= 11 is 5.84. The lowest BCUT2D eigenvalue weighted by molar-refractivity contribution is -0.114. The Morgan fingerprint density at radius 2 is 1.63 bits per heavy atom. The predicted octanol–water partition coefficient (Wildman–Crippen LogP) is 2.97. The lowest BCUT2D eigenvalue weighted by atomic mass is 10.1. The zero-order valence-electron chi connectivity index (χ0n) is 15.1. The van der Waals surface area contributed by atoms with Crippen molar-refractivity contribution in [3.8, 4) is 23.0 Å². The van der Waals surface area contributed by atoms with Gasteiger partial charge in [-0.3, -0.25) is 9.59 Å². The van der Waals surface area contributed by atoms with Gasteiger partial charge < -0.3 is 23.8 Å². The summed E-state index contributed by atoms with van der Waals surface area (Å²) in [4.78, 5) is 26.3. The van der Waals surface area contributed by atoms with Crippen molar-refractivity contribution in [2.45, 2.75) is 0 Å². The van der Waals surface area contributed by atoms with Crippen molar-refractivity contribution < 1.29 is 28.5 Å². The van der Waals surface area contributed by atoms with Crippen molar-refractivity contribution in [2.24, 2.45) is 0 Å². The maximum atomic E-state index is 12.5. The molecule has 7 nitrogen and oxygen atoms in total. The fraction of sp³-hybridized carbons (Fsp3) is 0.263. The minimum absolute atomic E-state index is 0.159. The SMILES string of the molecule is COc1cc2c(c(OC)c1OC)C(=O)C(=O)N2CCOc1ccc(Cl)cc1. The summed E-state index contributed by atoms with van der Waals surface area (Å²) in [6.07, 6.45) is 0. The molecular weight excluding hydrogens is 374 g/mol. The van der Waals surface area contributed by atoms with Gasteiger partial charge in [0.1, 0.15) is 12.4 Å². The highest BCUT2D eigenvalue weighted by Crippen LogP contribution is 2.47. The van der Waals surface area contributed by atoms with Crippen LogP contribution in [0, 0.1) is 0 Å². The first kappa shape index (κ1) is 18.8. The van der Waals surface area contributed by atoms with Crippen molar-refractivity contribution >= 4 is 29.0 Å². The van der Waals surface area contributed by atoms with Crippen LogP contribution in [0.1, 0.15) is 10.4 Å². The van der Waals surface area contributed by atoms with Crippen molar-refractivity contribution in [3.05, 3.63) is 40.9 Å². The molecule has 0 saturated heterocycles. The Kier molecular flexibility index (Phi) is 5.41. The first-order chi connectivity index (χ1) is 13.0. The summed E-state index contributed by atoms with van der Waals surface area (Å²) < 4.78 is 21.5. The molecule has 0 spiro atoms. The fourth-order valence-corrected chi connectivity index (χ4v) is 3.05.